The van der Waals surface area contributed by atoms with Crippen molar-refractivity contribution in [2.45, 2.75) is 90.8 Å². The number of aliphatic hydroxyl groups is 1. The normalized spacial score (nSPS) is 45.4. The van der Waals surface area contributed by atoms with Crippen LogP contribution in [0.4, 0.5) is 0 Å². The third kappa shape index (κ3) is 3.43. The monoisotopic (exact) mass is 476 g/mol. The number of hydrogen-bond acceptors (Lipinski definition) is 6. The lowest BCUT2D eigenvalue weighted by molar-refractivity contribution is -0.217. The molecule has 3 saturated carbocycles. The van der Waals surface area contributed by atoms with Gasteiger partial charge in [-0.2, -0.15) is 0 Å². The van der Waals surface area contributed by atoms with Gasteiger partial charge in [0, 0.05) is 31.1 Å². The number of fused-ring (bicyclic) bond motifs is 5. The summed E-state index contributed by atoms with van der Waals surface area (Å²) < 4.78 is 5.90. The number of carbonyl (C=O) groups excluding carboxylic acids is 2. The van der Waals surface area contributed by atoms with Crippen molar-refractivity contribution in [2.75, 3.05) is 0 Å². The van der Waals surface area contributed by atoms with Gasteiger partial charge in [-0.05, 0) is 68.8 Å². The van der Waals surface area contributed by atoms with Crippen molar-refractivity contribution in [3.05, 3.63) is 11.6 Å². The average molecular weight is 477 g/mol. The minimum atomic E-state index is -1.29. The van der Waals surface area contributed by atoms with Crippen LogP contribution < -0.4 is 0 Å². The van der Waals surface area contributed by atoms with Gasteiger partial charge in [-0.25, -0.2) is 0 Å². The Hall–Kier alpha value is -2.22. The summed E-state index contributed by atoms with van der Waals surface area (Å²) in [6.07, 6.45) is 3.32. The zero-order chi connectivity index (χ0) is 25.3. The Kier molecular flexibility index (Phi) is 5.78. The number of carbonyl (C=O) groups is 4. The molecule has 0 aromatic heterocycles. The minimum Gasteiger partial charge on any atom is -0.481 e. The molecule has 4 aliphatic carbocycles. The van der Waals surface area contributed by atoms with Crippen molar-refractivity contribution < 1.29 is 39.2 Å². The van der Waals surface area contributed by atoms with Gasteiger partial charge in [0.05, 0.1) is 11.0 Å². The van der Waals surface area contributed by atoms with Gasteiger partial charge >= 0.3 is 17.9 Å². The highest BCUT2D eigenvalue weighted by Gasteiger charge is 2.72. The number of ether oxygens (including phenoxy) is 1. The Labute approximate surface area is 199 Å². The van der Waals surface area contributed by atoms with Gasteiger partial charge in [-0.3, -0.25) is 19.2 Å². The number of ketones is 1. The fourth-order valence-electron chi connectivity index (χ4n) is 8.33. The van der Waals surface area contributed by atoms with Crippen LogP contribution in [-0.4, -0.2) is 50.7 Å². The highest BCUT2D eigenvalue weighted by atomic mass is 16.5. The van der Waals surface area contributed by atoms with Gasteiger partial charge in [0.25, 0.3) is 0 Å². The van der Waals surface area contributed by atoms with E-state index in [1.165, 1.54) is 6.92 Å². The van der Waals surface area contributed by atoms with Gasteiger partial charge in [-0.15, -0.1) is 0 Å². The summed E-state index contributed by atoms with van der Waals surface area (Å²) in [5, 5.41) is 31.5. The van der Waals surface area contributed by atoms with E-state index in [-0.39, 0.29) is 36.9 Å². The van der Waals surface area contributed by atoms with Crippen LogP contribution in [0.25, 0.3) is 0 Å². The number of hydrogen-bond donors (Lipinski definition) is 3. The lowest BCUT2D eigenvalue weighted by Gasteiger charge is -2.65. The van der Waals surface area contributed by atoms with Gasteiger partial charge in [0.15, 0.2) is 5.78 Å². The second-order valence-electron chi connectivity index (χ2n) is 11.8. The Morgan fingerprint density at radius 3 is 2.38 bits per heavy atom. The first kappa shape index (κ1) is 24.9. The molecule has 0 heterocycles. The summed E-state index contributed by atoms with van der Waals surface area (Å²) in [4.78, 5) is 48.7. The number of aliphatic carboxylic acids is 2. The van der Waals surface area contributed by atoms with E-state index in [1.54, 1.807) is 13.0 Å². The molecule has 4 rings (SSSR count). The van der Waals surface area contributed by atoms with Crippen LogP contribution in [0.5, 0.6) is 0 Å². The van der Waals surface area contributed by atoms with Gasteiger partial charge in [0.2, 0.25) is 0 Å². The topological polar surface area (TPSA) is 138 Å². The fraction of sp³-hybridized carbons (Fsp3) is 0.769. The third-order valence-corrected chi connectivity index (χ3v) is 10.1. The highest BCUT2D eigenvalue weighted by Crippen LogP contribution is 2.72. The third-order valence-electron chi connectivity index (χ3n) is 10.1. The molecule has 8 heteroatoms. The molecule has 8 atom stereocenters. The number of allylic oxidation sites excluding steroid dienone is 1. The number of carboxylic acids is 2. The predicted molar refractivity (Wildman–Crippen MR) is 121 cm³/mol. The first-order valence-electron chi connectivity index (χ1n) is 12.3. The van der Waals surface area contributed by atoms with E-state index in [0.29, 0.717) is 32.1 Å². The molecule has 34 heavy (non-hydrogen) atoms. The summed E-state index contributed by atoms with van der Waals surface area (Å²) in [5.41, 5.74) is -2.98. The Balaban J connectivity index is 1.89. The first-order chi connectivity index (χ1) is 15.7. The molecule has 8 nitrogen and oxygen atoms in total. The summed E-state index contributed by atoms with van der Waals surface area (Å²) in [5.74, 6) is -3.33. The van der Waals surface area contributed by atoms with Crippen molar-refractivity contribution in [2.24, 2.45) is 34.0 Å². The maximum atomic E-state index is 12.8. The van der Waals surface area contributed by atoms with Crippen LogP contribution in [0.1, 0.15) is 79.1 Å². The SMILES string of the molecule is CC(=O)OC1C[C@@]2(C)[C@@H](CC[C@]2(O)CCC(=O)O)[C@H]2[C@H]1[C@@]1(C)CCC(=O)C=C1CC2(C)C(=O)O. The summed E-state index contributed by atoms with van der Waals surface area (Å²) in [7, 11) is 0. The number of esters is 1. The van der Waals surface area contributed by atoms with Crippen molar-refractivity contribution in [1.29, 1.82) is 0 Å². The number of rotatable bonds is 5. The molecular formula is C26H36O8. The summed E-state index contributed by atoms with van der Waals surface area (Å²) in [6, 6.07) is 0. The second-order valence-corrected chi connectivity index (χ2v) is 11.8. The van der Waals surface area contributed by atoms with Crippen molar-refractivity contribution in [3.63, 3.8) is 0 Å². The molecule has 0 aliphatic heterocycles. The van der Waals surface area contributed by atoms with Crippen LogP contribution >= 0.6 is 0 Å². The zero-order valence-corrected chi connectivity index (χ0v) is 20.4. The minimum absolute atomic E-state index is 0.00717. The Bertz CT molecular complexity index is 970. The summed E-state index contributed by atoms with van der Waals surface area (Å²) in [6.45, 7) is 7.03. The molecule has 0 amide bonds. The zero-order valence-electron chi connectivity index (χ0n) is 20.4. The molecule has 2 unspecified atom stereocenters. The maximum absolute atomic E-state index is 12.8. The maximum Gasteiger partial charge on any atom is 0.309 e. The van der Waals surface area contributed by atoms with E-state index >= 15 is 0 Å². The van der Waals surface area contributed by atoms with Crippen LogP contribution in [0, 0.1) is 34.0 Å². The summed E-state index contributed by atoms with van der Waals surface area (Å²) >= 11 is 0. The standard InChI is InChI=1S/C26H36O8/c1-14(27)34-18-13-25(4)17(6-9-26(25,33)10-7-19(29)30)20-21(18)23(2)8-5-16(28)11-15(23)12-24(20,3)22(31)32/h11,17-18,20-21,33H,5-10,12-13H2,1-4H3,(H,29,30)(H,31,32)/t17-,18?,20-,21-,23-,24?,25-,26-/m0/s1. The molecule has 0 radical (unpaired) electrons. The Morgan fingerprint density at radius 1 is 1.12 bits per heavy atom. The predicted octanol–water partition coefficient (Wildman–Crippen LogP) is 3.36. The van der Waals surface area contributed by atoms with Gasteiger partial charge in [0.1, 0.15) is 6.10 Å². The van der Waals surface area contributed by atoms with E-state index in [9.17, 15) is 34.5 Å². The molecular weight excluding hydrogens is 440 g/mol. The molecule has 0 bridgehead atoms. The second kappa shape index (κ2) is 7.90. The average Bonchev–Trinajstić information content (AvgIpc) is 2.98. The lowest BCUT2D eigenvalue weighted by Crippen LogP contribution is -2.65. The highest BCUT2D eigenvalue weighted by molar-refractivity contribution is 5.92. The molecule has 188 valence electrons. The van der Waals surface area contributed by atoms with E-state index in [2.05, 4.69) is 6.92 Å². The molecule has 0 spiro atoms. The van der Waals surface area contributed by atoms with Crippen molar-refractivity contribution in [1.82, 2.24) is 0 Å². The smallest absolute Gasteiger partial charge is 0.309 e. The molecule has 3 N–H and O–H groups in total. The van der Waals surface area contributed by atoms with E-state index in [4.69, 9.17) is 4.74 Å². The lowest BCUT2D eigenvalue weighted by atomic mass is 9.40. The van der Waals surface area contributed by atoms with Gasteiger partial charge in [-0.1, -0.05) is 19.4 Å². The molecule has 0 aromatic rings. The van der Waals surface area contributed by atoms with E-state index < -0.39 is 51.8 Å². The first-order valence-corrected chi connectivity index (χ1v) is 12.3. The van der Waals surface area contributed by atoms with Gasteiger partial charge < -0.3 is 20.1 Å². The van der Waals surface area contributed by atoms with E-state index in [0.717, 1.165) is 5.57 Å². The molecule has 0 saturated heterocycles. The number of carboxylic acid groups (broad SMARTS) is 2. The van der Waals surface area contributed by atoms with Crippen molar-refractivity contribution in [3.8, 4) is 0 Å². The molecule has 4 aliphatic rings. The van der Waals surface area contributed by atoms with Crippen molar-refractivity contribution >= 4 is 23.7 Å². The van der Waals surface area contributed by atoms with Crippen LogP contribution in [-0.2, 0) is 23.9 Å². The van der Waals surface area contributed by atoms with E-state index in [1.807, 2.05) is 6.92 Å². The fourth-order valence-corrected chi connectivity index (χ4v) is 8.33. The molecule has 3 fully saturated rings. The van der Waals surface area contributed by atoms with Crippen LogP contribution in [0.15, 0.2) is 11.6 Å². The van der Waals surface area contributed by atoms with Crippen LogP contribution in [0.2, 0.25) is 0 Å². The Morgan fingerprint density at radius 2 is 1.79 bits per heavy atom. The quantitative estimate of drug-likeness (QED) is 0.514. The van der Waals surface area contributed by atoms with Crippen LogP contribution in [0.3, 0.4) is 0 Å². The largest absolute Gasteiger partial charge is 0.481 e. The molecule has 0 aromatic carbocycles.